The van der Waals surface area contributed by atoms with E-state index >= 15 is 0 Å². The van der Waals surface area contributed by atoms with Crippen molar-refractivity contribution in [3.8, 4) is 11.3 Å². The first kappa shape index (κ1) is 28.1. The molecule has 1 aliphatic heterocycles. The van der Waals surface area contributed by atoms with Crippen molar-refractivity contribution >= 4 is 37.4 Å². The lowest BCUT2D eigenvalue weighted by Gasteiger charge is -2.18. The van der Waals surface area contributed by atoms with E-state index < -0.39 is 20.1 Å². The molecule has 1 unspecified atom stereocenters. The van der Waals surface area contributed by atoms with Gasteiger partial charge in [0.1, 0.15) is 18.5 Å². The number of amides is 2. The zero-order chi connectivity index (χ0) is 27.0. The Labute approximate surface area is 218 Å². The number of esters is 1. The Morgan fingerprint density at radius 2 is 2.03 bits per heavy atom. The fourth-order valence-corrected chi connectivity index (χ4v) is 4.53. The smallest absolute Gasteiger partial charge is 0.411 e. The predicted molar refractivity (Wildman–Crippen MR) is 144 cm³/mol. The van der Waals surface area contributed by atoms with E-state index in [0.717, 1.165) is 6.04 Å². The Morgan fingerprint density at radius 1 is 1.24 bits per heavy atom. The fraction of sp³-hybridized carbons (Fsp3) is 0.462. The van der Waals surface area contributed by atoms with Gasteiger partial charge in [-0.15, -0.1) is 0 Å². The van der Waals surface area contributed by atoms with Crippen LogP contribution in [0.2, 0.25) is 25.7 Å². The van der Waals surface area contributed by atoms with Crippen molar-refractivity contribution in [2.24, 2.45) is 0 Å². The van der Waals surface area contributed by atoms with Crippen LogP contribution < -0.4 is 10.6 Å². The van der Waals surface area contributed by atoms with Crippen LogP contribution in [0.25, 0.3) is 11.3 Å². The summed E-state index contributed by atoms with van der Waals surface area (Å²) in [6.45, 7) is 9.72. The fourth-order valence-electron chi connectivity index (χ4n) is 3.77. The van der Waals surface area contributed by atoms with Crippen LogP contribution in [-0.2, 0) is 30.5 Å². The van der Waals surface area contributed by atoms with E-state index in [1.54, 1.807) is 37.3 Å². The summed E-state index contributed by atoms with van der Waals surface area (Å²) in [6.07, 6.45) is 5.17. The predicted octanol–water partition coefficient (Wildman–Crippen LogP) is 4.98. The molecule has 1 aliphatic rings. The number of hydrogen-bond acceptors (Lipinski definition) is 7. The number of nitrogens with one attached hydrogen (secondary N) is 2. The summed E-state index contributed by atoms with van der Waals surface area (Å²) < 4.78 is 17.9. The van der Waals surface area contributed by atoms with Gasteiger partial charge in [0.2, 0.25) is 5.91 Å². The Hall–Kier alpha value is -3.44. The second-order valence-corrected chi connectivity index (χ2v) is 15.6. The third-order valence-electron chi connectivity index (χ3n) is 5.76. The molecule has 0 radical (unpaired) electrons. The number of fused-ring (bicyclic) bond motifs is 4. The number of nitrogens with zero attached hydrogens (tertiary/aromatic N) is 2. The minimum Gasteiger partial charge on any atom is -0.465 e. The first-order chi connectivity index (χ1) is 17.6. The van der Waals surface area contributed by atoms with Crippen molar-refractivity contribution in [3.63, 3.8) is 0 Å². The van der Waals surface area contributed by atoms with Crippen LogP contribution in [-0.4, -0.2) is 55.9 Å². The summed E-state index contributed by atoms with van der Waals surface area (Å²) >= 11 is 0. The van der Waals surface area contributed by atoms with E-state index in [1.807, 2.05) is 10.8 Å². The van der Waals surface area contributed by atoms with Crippen LogP contribution >= 0.6 is 0 Å². The average Bonchev–Trinajstić information content (AvgIpc) is 3.24. The van der Waals surface area contributed by atoms with Crippen LogP contribution in [0.5, 0.6) is 0 Å². The molecular weight excluding hydrogens is 492 g/mol. The molecule has 3 rings (SSSR count). The molecule has 0 spiro atoms. The van der Waals surface area contributed by atoms with Crippen molar-refractivity contribution in [3.05, 3.63) is 42.4 Å². The number of carbonyl (C=O) groups is 3. The van der Waals surface area contributed by atoms with Crippen molar-refractivity contribution in [2.45, 2.75) is 58.1 Å². The van der Waals surface area contributed by atoms with Gasteiger partial charge in [-0.05, 0) is 37.6 Å². The molecule has 2 aromatic rings. The highest BCUT2D eigenvalue weighted by molar-refractivity contribution is 6.76. The quantitative estimate of drug-likeness (QED) is 0.215. The molecule has 0 saturated heterocycles. The first-order valence-electron chi connectivity index (χ1n) is 12.4. The van der Waals surface area contributed by atoms with Crippen molar-refractivity contribution < 1.29 is 28.6 Å². The van der Waals surface area contributed by atoms with Crippen molar-refractivity contribution in [2.75, 3.05) is 31.0 Å². The summed E-state index contributed by atoms with van der Waals surface area (Å²) in [5.41, 5.74) is 2.12. The maximum absolute atomic E-state index is 12.9. The zero-order valence-electron chi connectivity index (χ0n) is 22.1. The van der Waals surface area contributed by atoms with Gasteiger partial charge in [-0.25, -0.2) is 9.78 Å². The monoisotopic (exact) mass is 528 g/mol. The number of carbonyl (C=O) groups excluding carboxylic acids is 3. The van der Waals surface area contributed by atoms with Gasteiger partial charge in [0.25, 0.3) is 0 Å². The number of imidazole rings is 1. The van der Waals surface area contributed by atoms with Crippen LogP contribution in [0.1, 0.15) is 31.5 Å². The largest absolute Gasteiger partial charge is 0.465 e. The maximum Gasteiger partial charge on any atom is 0.411 e. The van der Waals surface area contributed by atoms with E-state index in [0.29, 0.717) is 41.5 Å². The highest BCUT2D eigenvalue weighted by Gasteiger charge is 2.28. The standard InChI is InChI=1S/C26H36N4O6Si/c1-6-36-25(32)20-9-7-8-10-23(31)28-21-15-18(27-26(33)34-2)11-12-19(21)22-16-30(24(20)29-22)17-35-13-14-37(3,4)5/h7-8,11-12,15-16,20H,6,9-10,13-14,17H2,1-5H3,(H,27,33)(H,28,31)/b8-7+. The summed E-state index contributed by atoms with van der Waals surface area (Å²) in [4.78, 5) is 42.1. The van der Waals surface area contributed by atoms with E-state index in [9.17, 15) is 14.4 Å². The minimum atomic E-state index is -1.27. The minimum absolute atomic E-state index is 0.124. The number of aromatic nitrogens is 2. The summed E-state index contributed by atoms with van der Waals surface area (Å²) in [5.74, 6) is -0.750. The number of methoxy groups -OCH3 is 1. The highest BCUT2D eigenvalue weighted by atomic mass is 28.3. The summed E-state index contributed by atoms with van der Waals surface area (Å²) in [7, 11) is 0.00620. The second-order valence-electron chi connectivity index (χ2n) is 9.94. The molecule has 10 nitrogen and oxygen atoms in total. The van der Waals surface area contributed by atoms with Gasteiger partial charge in [0.15, 0.2) is 0 Å². The van der Waals surface area contributed by atoms with E-state index in [4.69, 9.17) is 14.5 Å². The number of benzene rings is 1. The van der Waals surface area contributed by atoms with Gasteiger partial charge in [0, 0.05) is 38.5 Å². The lowest BCUT2D eigenvalue weighted by atomic mass is 10.0. The SMILES string of the molecule is CCOC(=O)C1C/C=C/CC(=O)Nc2cc(NC(=O)OC)ccc2-c2cn(COCC[Si](C)(C)C)c1n2. The lowest BCUT2D eigenvalue weighted by Crippen LogP contribution is -2.23. The average molecular weight is 529 g/mol. The number of ether oxygens (including phenoxy) is 3. The molecule has 1 atom stereocenters. The Balaban J connectivity index is 2.06. The molecule has 2 bridgehead atoms. The summed E-state index contributed by atoms with van der Waals surface area (Å²) in [6, 6.07) is 6.11. The zero-order valence-corrected chi connectivity index (χ0v) is 23.1. The molecule has 0 aliphatic carbocycles. The third-order valence-corrected chi connectivity index (χ3v) is 7.46. The Kier molecular flexibility index (Phi) is 9.64. The highest BCUT2D eigenvalue weighted by Crippen LogP contribution is 2.33. The molecule has 2 N–H and O–H groups in total. The van der Waals surface area contributed by atoms with Crippen molar-refractivity contribution in [1.29, 1.82) is 0 Å². The molecule has 200 valence electrons. The van der Waals surface area contributed by atoms with Crippen LogP contribution in [0.3, 0.4) is 0 Å². The molecule has 2 amide bonds. The third kappa shape index (κ3) is 8.02. The van der Waals surface area contributed by atoms with E-state index in [-0.39, 0.29) is 31.6 Å². The molecule has 0 fully saturated rings. The molecule has 1 aromatic carbocycles. The number of anilines is 2. The molecular formula is C26H36N4O6Si. The topological polar surface area (TPSA) is 121 Å². The Morgan fingerprint density at radius 3 is 2.73 bits per heavy atom. The van der Waals surface area contributed by atoms with Gasteiger partial charge in [-0.2, -0.15) is 0 Å². The van der Waals surface area contributed by atoms with Gasteiger partial charge in [-0.1, -0.05) is 31.8 Å². The lowest BCUT2D eigenvalue weighted by molar-refractivity contribution is -0.145. The van der Waals surface area contributed by atoms with Crippen molar-refractivity contribution in [1.82, 2.24) is 9.55 Å². The molecule has 1 aromatic heterocycles. The van der Waals surface area contributed by atoms with Crippen LogP contribution in [0.15, 0.2) is 36.5 Å². The maximum atomic E-state index is 12.9. The van der Waals surface area contributed by atoms with Gasteiger partial charge >= 0.3 is 12.1 Å². The molecule has 11 heteroatoms. The van der Waals surface area contributed by atoms with Crippen LogP contribution in [0, 0.1) is 0 Å². The van der Waals surface area contributed by atoms with Gasteiger partial charge < -0.3 is 24.1 Å². The summed E-state index contributed by atoms with van der Waals surface area (Å²) in [5, 5.41) is 5.51. The molecule has 37 heavy (non-hydrogen) atoms. The first-order valence-corrected chi connectivity index (χ1v) is 16.1. The second kappa shape index (κ2) is 12.7. The van der Waals surface area contributed by atoms with E-state index in [2.05, 4.69) is 35.0 Å². The van der Waals surface area contributed by atoms with Gasteiger partial charge in [-0.3, -0.25) is 14.9 Å². The number of hydrogen-bond donors (Lipinski definition) is 2. The number of rotatable bonds is 8. The Bertz CT molecular complexity index is 1150. The molecule has 0 saturated carbocycles. The molecule has 2 heterocycles. The number of allylic oxidation sites excluding steroid dienone is 1. The van der Waals surface area contributed by atoms with Gasteiger partial charge in [0.05, 0.1) is 25.1 Å². The van der Waals surface area contributed by atoms with E-state index in [1.165, 1.54) is 7.11 Å². The van der Waals surface area contributed by atoms with Crippen LogP contribution in [0.4, 0.5) is 16.2 Å². The normalized spacial score (nSPS) is 16.5.